The van der Waals surface area contributed by atoms with Crippen LogP contribution in [0.3, 0.4) is 0 Å². The summed E-state index contributed by atoms with van der Waals surface area (Å²) in [5.41, 5.74) is 4.20. The van der Waals surface area contributed by atoms with Crippen molar-refractivity contribution in [1.82, 2.24) is 34.3 Å². The Morgan fingerprint density at radius 2 is 1.77 bits per heavy atom. The van der Waals surface area contributed by atoms with Gasteiger partial charge in [0, 0.05) is 61.9 Å². The van der Waals surface area contributed by atoms with Crippen molar-refractivity contribution in [2.75, 3.05) is 55.4 Å². The molecule has 13 nitrogen and oxygen atoms in total. The normalized spacial score (nSPS) is 15.9. The second-order valence-electron chi connectivity index (χ2n) is 11.4. The van der Waals surface area contributed by atoms with Gasteiger partial charge in [0.2, 0.25) is 17.2 Å². The molecule has 15 heteroatoms. The zero-order chi connectivity index (χ0) is 33.0. The van der Waals surface area contributed by atoms with E-state index in [2.05, 4.69) is 76.4 Å². The highest BCUT2D eigenvalue weighted by Gasteiger charge is 2.22. The smallest absolute Gasteiger partial charge is 0.232 e. The third kappa shape index (κ3) is 7.10. The van der Waals surface area contributed by atoms with Gasteiger partial charge in [-0.2, -0.15) is 4.98 Å². The molecule has 4 heterocycles. The third-order valence-electron chi connectivity index (χ3n) is 8.21. The molecule has 246 valence electrons. The van der Waals surface area contributed by atoms with Crippen molar-refractivity contribution in [3.8, 4) is 5.69 Å². The Morgan fingerprint density at radius 1 is 0.979 bits per heavy atom. The van der Waals surface area contributed by atoms with Crippen molar-refractivity contribution in [1.29, 1.82) is 0 Å². The fourth-order valence-corrected chi connectivity index (χ4v) is 6.21. The molecule has 0 bridgehead atoms. The fourth-order valence-electron chi connectivity index (χ4n) is 5.65. The summed E-state index contributed by atoms with van der Waals surface area (Å²) < 4.78 is 25.5. The molecule has 1 fully saturated rings. The lowest BCUT2D eigenvalue weighted by Gasteiger charge is -2.35. The van der Waals surface area contributed by atoms with Crippen LogP contribution in [0.2, 0.25) is 0 Å². The summed E-state index contributed by atoms with van der Waals surface area (Å²) in [7, 11) is 2.15. The molecule has 1 unspecified atom stereocenters. The van der Waals surface area contributed by atoms with Crippen LogP contribution in [0.5, 0.6) is 0 Å². The Hall–Kier alpha value is -4.67. The van der Waals surface area contributed by atoms with Crippen LogP contribution in [-0.4, -0.2) is 84.0 Å². The van der Waals surface area contributed by atoms with E-state index in [1.807, 2.05) is 71.4 Å². The molecule has 1 saturated heterocycles. The summed E-state index contributed by atoms with van der Waals surface area (Å²) in [6.07, 6.45) is 5.83. The summed E-state index contributed by atoms with van der Waals surface area (Å²) in [4.78, 5) is 20.9. The summed E-state index contributed by atoms with van der Waals surface area (Å²) in [6, 6.07) is 23.6. The first-order chi connectivity index (χ1) is 23.4. The molecule has 7 rings (SSSR count). The average Bonchev–Trinajstić information content (AvgIpc) is 3.49. The zero-order valence-electron chi connectivity index (χ0n) is 26.1. The van der Waals surface area contributed by atoms with Gasteiger partial charge in [-0.3, -0.25) is 4.55 Å². The Morgan fingerprint density at radius 3 is 2.54 bits per heavy atom. The number of likely N-dealkylation sites (N-methyl/N-ethyl adjacent to an activating group) is 1. The van der Waals surface area contributed by atoms with Gasteiger partial charge in [0.05, 0.1) is 15.7 Å². The maximum absolute atomic E-state index is 11.2. The number of benzene rings is 3. The van der Waals surface area contributed by atoms with Gasteiger partial charge in [-0.25, -0.2) is 23.6 Å². The minimum Gasteiger partial charge on any atom is -0.354 e. The van der Waals surface area contributed by atoms with Crippen LogP contribution < -0.4 is 20.3 Å². The Kier molecular flexibility index (Phi) is 9.45. The van der Waals surface area contributed by atoms with Crippen LogP contribution in [0.25, 0.3) is 16.6 Å². The van der Waals surface area contributed by atoms with Gasteiger partial charge in [-0.05, 0) is 71.0 Å². The molecule has 2 aliphatic rings. The summed E-state index contributed by atoms with van der Waals surface area (Å²) >= 11 is 1.42. The summed E-state index contributed by atoms with van der Waals surface area (Å²) in [5.74, 6) is 2.77. The van der Waals surface area contributed by atoms with Crippen molar-refractivity contribution >= 4 is 72.9 Å². The number of nitrogens with one attached hydrogen (secondary N) is 3. The maximum Gasteiger partial charge on any atom is 0.232 e. The topological polar surface area (TPSA) is 139 Å². The van der Waals surface area contributed by atoms with Crippen molar-refractivity contribution in [2.45, 2.75) is 6.54 Å². The van der Waals surface area contributed by atoms with Gasteiger partial charge in [-0.15, -0.1) is 5.10 Å². The van der Waals surface area contributed by atoms with Crippen molar-refractivity contribution in [3.05, 3.63) is 101 Å². The molecule has 2 aliphatic heterocycles. The molecular weight excluding hydrogens is 694 g/mol. The molecule has 5 aromatic rings. The van der Waals surface area contributed by atoms with E-state index in [0.29, 0.717) is 22.9 Å². The Balaban J connectivity index is 1.15. The van der Waals surface area contributed by atoms with Gasteiger partial charge >= 0.3 is 0 Å². The molecule has 0 aliphatic carbocycles. The average molecular weight is 729 g/mol. The molecule has 0 radical (unpaired) electrons. The number of nitrogens with zero attached hydrogens (tertiary/aromatic N) is 8. The number of hydrogen-bond donors (Lipinski definition) is 4. The monoisotopic (exact) mass is 727 g/mol. The van der Waals surface area contributed by atoms with Crippen LogP contribution in [0.15, 0.2) is 101 Å². The molecule has 4 N–H and O–H groups in total. The SMILES string of the molecule is CN1CCN(C2=NCN(c3nn(-c4ccccc4)c4cc(Nc5ncc(Br)c(Nc6ccccc6CNS(=O)O)n5)ccc34)C=C2)CC1. The molecule has 3 aromatic carbocycles. The van der Waals surface area contributed by atoms with E-state index >= 15 is 0 Å². The first kappa shape index (κ1) is 31.9. The number of hydrogen-bond acceptors (Lipinski definition) is 10. The highest BCUT2D eigenvalue weighted by molar-refractivity contribution is 9.10. The summed E-state index contributed by atoms with van der Waals surface area (Å²) in [6.45, 7) is 4.69. The van der Waals surface area contributed by atoms with E-state index in [4.69, 9.17) is 15.1 Å². The standard InChI is InChI=1S/C33H34BrN11O2S/c1-42-15-17-43(18-16-42)30-13-14-44(22-36-30)32-26-12-11-24(19-29(26)45(41-32)25-8-3-2-4-9-25)38-33-35-21-27(34)31(40-33)39-28-10-6-5-7-23(28)20-37-48(46)47/h2-14,19,21,37H,15-18,20,22H2,1H3,(H,46,47)(H2,35,38,39,40). The van der Waals surface area contributed by atoms with Gasteiger partial charge < -0.3 is 25.3 Å². The van der Waals surface area contributed by atoms with E-state index < -0.39 is 11.3 Å². The predicted octanol–water partition coefficient (Wildman–Crippen LogP) is 5.23. The van der Waals surface area contributed by atoms with Crippen molar-refractivity contribution in [2.24, 2.45) is 4.99 Å². The lowest BCUT2D eigenvalue weighted by molar-refractivity contribution is 0.215. The van der Waals surface area contributed by atoms with Gasteiger partial charge in [0.25, 0.3) is 0 Å². The first-order valence-electron chi connectivity index (χ1n) is 15.4. The maximum atomic E-state index is 11.2. The quantitative estimate of drug-likeness (QED) is 0.149. The minimum absolute atomic E-state index is 0.203. The lowest BCUT2D eigenvalue weighted by atomic mass is 10.2. The van der Waals surface area contributed by atoms with Crippen LogP contribution in [0.1, 0.15) is 5.56 Å². The molecule has 2 aromatic heterocycles. The molecule has 0 spiro atoms. The van der Waals surface area contributed by atoms with Crippen LogP contribution in [0, 0.1) is 0 Å². The first-order valence-corrected chi connectivity index (χ1v) is 17.3. The molecule has 0 amide bonds. The second-order valence-corrected chi connectivity index (χ2v) is 13.0. The number of anilines is 5. The highest BCUT2D eigenvalue weighted by atomic mass is 79.9. The van der Waals surface area contributed by atoms with Crippen molar-refractivity contribution in [3.63, 3.8) is 0 Å². The number of rotatable bonds is 9. The summed E-state index contributed by atoms with van der Waals surface area (Å²) in [5, 5.41) is 12.7. The number of para-hydroxylation sites is 2. The van der Waals surface area contributed by atoms with E-state index in [0.717, 1.165) is 71.4 Å². The van der Waals surface area contributed by atoms with Crippen molar-refractivity contribution < 1.29 is 8.76 Å². The molecule has 1 atom stereocenters. The number of fused-ring (bicyclic) bond motifs is 1. The zero-order valence-corrected chi connectivity index (χ0v) is 28.5. The molecular formula is C33H34BrN11O2S. The van der Waals surface area contributed by atoms with E-state index in [-0.39, 0.29) is 6.54 Å². The Labute approximate surface area is 288 Å². The number of halogens is 1. The minimum atomic E-state index is -2.12. The largest absolute Gasteiger partial charge is 0.354 e. The fraction of sp³-hybridized carbons (Fsp3) is 0.212. The predicted molar refractivity (Wildman–Crippen MR) is 194 cm³/mol. The molecule has 0 saturated carbocycles. The van der Waals surface area contributed by atoms with Gasteiger partial charge in [0.15, 0.2) is 5.82 Å². The highest BCUT2D eigenvalue weighted by Crippen LogP contribution is 2.33. The van der Waals surface area contributed by atoms with Gasteiger partial charge in [0.1, 0.15) is 18.3 Å². The Bertz CT molecular complexity index is 2010. The number of piperazine rings is 1. The van der Waals surface area contributed by atoms with Gasteiger partial charge in [-0.1, -0.05) is 36.4 Å². The third-order valence-corrected chi connectivity index (χ3v) is 9.18. The number of aliphatic imine (C=N–C) groups is 1. The number of amidine groups is 1. The van der Waals surface area contributed by atoms with E-state index in [9.17, 15) is 8.76 Å². The lowest BCUT2D eigenvalue weighted by Crippen LogP contribution is -2.47. The number of aromatic nitrogens is 4. The van der Waals surface area contributed by atoms with Crippen LogP contribution in [0.4, 0.5) is 29.0 Å². The second kappa shape index (κ2) is 14.2. The van der Waals surface area contributed by atoms with E-state index in [1.165, 1.54) is 0 Å². The molecule has 48 heavy (non-hydrogen) atoms. The van der Waals surface area contributed by atoms with Crippen LogP contribution in [-0.2, 0) is 17.8 Å². The van der Waals surface area contributed by atoms with Crippen LogP contribution >= 0.6 is 15.9 Å². The van der Waals surface area contributed by atoms with E-state index in [1.54, 1.807) is 6.20 Å².